The zero-order valence-corrected chi connectivity index (χ0v) is 17.0. The lowest BCUT2D eigenvalue weighted by molar-refractivity contribution is -0.385. The number of sulfonamides is 1. The van der Waals surface area contributed by atoms with Crippen molar-refractivity contribution in [3.8, 4) is 0 Å². The molecule has 1 heterocycles. The molecule has 1 saturated heterocycles. The van der Waals surface area contributed by atoms with Crippen LogP contribution < -0.4 is 4.90 Å². The van der Waals surface area contributed by atoms with Gasteiger partial charge in [0.05, 0.1) is 15.2 Å². The lowest BCUT2D eigenvalue weighted by atomic mass is 10.2. The summed E-state index contributed by atoms with van der Waals surface area (Å²) in [6, 6.07) is 11.8. The van der Waals surface area contributed by atoms with Gasteiger partial charge in [-0.15, -0.1) is 11.8 Å². The third-order valence-electron chi connectivity index (χ3n) is 4.53. The number of nitrogens with zero attached hydrogens (tertiary/aromatic N) is 3. The summed E-state index contributed by atoms with van der Waals surface area (Å²) >= 11 is 1.55. The Morgan fingerprint density at radius 3 is 2.44 bits per heavy atom. The van der Waals surface area contributed by atoms with Crippen molar-refractivity contribution in [3.63, 3.8) is 0 Å². The van der Waals surface area contributed by atoms with Crippen molar-refractivity contribution < 1.29 is 13.3 Å². The highest BCUT2D eigenvalue weighted by Crippen LogP contribution is 2.42. The Balaban J connectivity index is 1.96. The highest BCUT2D eigenvalue weighted by Gasteiger charge is 2.37. The molecule has 0 radical (unpaired) electrons. The van der Waals surface area contributed by atoms with Crippen molar-refractivity contribution in [2.45, 2.75) is 17.2 Å². The number of aryl methyl sites for hydroxylation is 1. The lowest BCUT2D eigenvalue weighted by Gasteiger charge is -2.24. The lowest BCUT2D eigenvalue weighted by Crippen LogP contribution is -2.30. The molecule has 0 bridgehead atoms. The molecule has 9 heteroatoms. The Labute approximate surface area is 163 Å². The summed E-state index contributed by atoms with van der Waals surface area (Å²) < 4.78 is 27.7. The first-order valence-corrected chi connectivity index (χ1v) is 10.9. The minimum absolute atomic E-state index is 0.0442. The molecule has 0 N–H and O–H groups in total. The first-order chi connectivity index (χ1) is 12.7. The number of nitro benzene ring substituents is 1. The molecule has 1 unspecified atom stereocenters. The van der Waals surface area contributed by atoms with E-state index in [2.05, 4.69) is 0 Å². The highest BCUT2D eigenvalue weighted by molar-refractivity contribution is 8.01. The predicted molar refractivity (Wildman–Crippen MR) is 108 cm³/mol. The topological polar surface area (TPSA) is 83.8 Å². The molecule has 7 nitrogen and oxygen atoms in total. The van der Waals surface area contributed by atoms with Crippen LogP contribution in [0.2, 0.25) is 0 Å². The van der Waals surface area contributed by atoms with Crippen LogP contribution in [0.15, 0.2) is 47.4 Å². The Bertz CT molecular complexity index is 959. The van der Waals surface area contributed by atoms with Crippen LogP contribution in [0.1, 0.15) is 16.5 Å². The number of anilines is 1. The van der Waals surface area contributed by atoms with Crippen LogP contribution in [0.4, 0.5) is 11.4 Å². The van der Waals surface area contributed by atoms with Crippen molar-refractivity contribution >= 4 is 33.2 Å². The average molecular weight is 408 g/mol. The summed E-state index contributed by atoms with van der Waals surface area (Å²) in [4.78, 5) is 12.6. The fraction of sp³-hybridized carbons (Fsp3) is 0.333. The van der Waals surface area contributed by atoms with Crippen molar-refractivity contribution in [2.75, 3.05) is 31.3 Å². The summed E-state index contributed by atoms with van der Waals surface area (Å²) in [5.41, 5.74) is 2.18. The monoisotopic (exact) mass is 407 g/mol. The van der Waals surface area contributed by atoms with Gasteiger partial charge in [0.25, 0.3) is 5.69 Å². The number of nitro groups is 1. The molecule has 0 aromatic heterocycles. The standard InChI is InChI=1S/C18H21N3O4S2/c1-13-4-9-16(12-17(13)21(22)23)27(24,25)20-10-11-26-18(20)14-5-7-15(8-6-14)19(2)3/h4-9,12,18H,10-11H2,1-3H3. The molecule has 2 aromatic rings. The van der Waals surface area contributed by atoms with Gasteiger partial charge in [-0.1, -0.05) is 18.2 Å². The molecule has 1 aliphatic rings. The van der Waals surface area contributed by atoms with Crippen molar-refractivity contribution in [2.24, 2.45) is 0 Å². The Hall–Kier alpha value is -2.10. The first-order valence-electron chi connectivity index (χ1n) is 8.37. The molecular formula is C18H21N3O4S2. The average Bonchev–Trinajstić information content (AvgIpc) is 3.12. The summed E-state index contributed by atoms with van der Waals surface area (Å²) in [6.45, 7) is 1.96. The van der Waals surface area contributed by atoms with Gasteiger partial charge >= 0.3 is 0 Å². The zero-order chi connectivity index (χ0) is 19.8. The first kappa shape index (κ1) is 19.7. The molecule has 3 rings (SSSR count). The van der Waals surface area contributed by atoms with Crippen LogP contribution in [-0.2, 0) is 10.0 Å². The van der Waals surface area contributed by atoms with E-state index in [4.69, 9.17) is 0 Å². The molecule has 0 saturated carbocycles. The number of rotatable bonds is 5. The smallest absolute Gasteiger partial charge is 0.273 e. The largest absolute Gasteiger partial charge is 0.378 e. The van der Waals surface area contributed by atoms with Gasteiger partial charge in [-0.25, -0.2) is 8.42 Å². The van der Waals surface area contributed by atoms with E-state index in [0.29, 0.717) is 17.9 Å². The van der Waals surface area contributed by atoms with Crippen LogP contribution >= 0.6 is 11.8 Å². The predicted octanol–water partition coefficient (Wildman–Crippen LogP) is 3.41. The SMILES string of the molecule is Cc1ccc(S(=O)(=O)N2CCSC2c2ccc(N(C)C)cc2)cc1[N+](=O)[O-]. The van der Waals surface area contributed by atoms with Crippen LogP contribution in [0.3, 0.4) is 0 Å². The van der Waals surface area contributed by atoms with Gasteiger partial charge in [-0.2, -0.15) is 4.31 Å². The van der Waals surface area contributed by atoms with Crippen LogP contribution in [0.5, 0.6) is 0 Å². The third kappa shape index (κ3) is 3.80. The number of benzene rings is 2. The van der Waals surface area contributed by atoms with E-state index in [1.807, 2.05) is 43.3 Å². The molecule has 144 valence electrons. The van der Waals surface area contributed by atoms with Gasteiger partial charge in [-0.05, 0) is 30.7 Å². The van der Waals surface area contributed by atoms with Gasteiger partial charge in [0, 0.05) is 43.7 Å². The van der Waals surface area contributed by atoms with Crippen molar-refractivity contribution in [3.05, 3.63) is 63.7 Å². The number of hydrogen-bond donors (Lipinski definition) is 0. The third-order valence-corrected chi connectivity index (χ3v) is 7.78. The van der Waals surface area contributed by atoms with Gasteiger partial charge in [0.15, 0.2) is 0 Å². The van der Waals surface area contributed by atoms with Gasteiger partial charge in [0.2, 0.25) is 10.0 Å². The Morgan fingerprint density at radius 1 is 1.19 bits per heavy atom. The fourth-order valence-corrected chi connectivity index (χ4v) is 6.24. The molecule has 1 atom stereocenters. The molecule has 0 spiro atoms. The van der Waals surface area contributed by atoms with Crippen LogP contribution in [-0.4, -0.2) is 44.0 Å². The maximum atomic E-state index is 13.2. The molecule has 1 fully saturated rings. The molecule has 1 aliphatic heterocycles. The second kappa shape index (κ2) is 7.49. The quantitative estimate of drug-likeness (QED) is 0.558. The van der Waals surface area contributed by atoms with Crippen LogP contribution in [0.25, 0.3) is 0 Å². The van der Waals surface area contributed by atoms with Crippen LogP contribution in [0, 0.1) is 17.0 Å². The van der Waals surface area contributed by atoms with E-state index in [1.165, 1.54) is 16.4 Å². The van der Waals surface area contributed by atoms with E-state index in [-0.39, 0.29) is 16.0 Å². The fourth-order valence-electron chi connectivity index (χ4n) is 2.98. The van der Waals surface area contributed by atoms with E-state index >= 15 is 0 Å². The maximum Gasteiger partial charge on any atom is 0.273 e. The zero-order valence-electron chi connectivity index (χ0n) is 15.3. The summed E-state index contributed by atoms with van der Waals surface area (Å²) in [6.07, 6.45) is 0. The minimum atomic E-state index is -3.84. The second-order valence-corrected chi connectivity index (χ2v) is 9.61. The van der Waals surface area contributed by atoms with Gasteiger partial charge < -0.3 is 4.90 Å². The minimum Gasteiger partial charge on any atom is -0.378 e. The molecule has 2 aromatic carbocycles. The summed E-state index contributed by atoms with van der Waals surface area (Å²) in [7, 11) is 0.0520. The van der Waals surface area contributed by atoms with Gasteiger partial charge in [0.1, 0.15) is 0 Å². The van der Waals surface area contributed by atoms with E-state index in [0.717, 1.165) is 17.3 Å². The van der Waals surface area contributed by atoms with Crippen molar-refractivity contribution in [1.29, 1.82) is 0 Å². The maximum absolute atomic E-state index is 13.2. The molecule has 27 heavy (non-hydrogen) atoms. The van der Waals surface area contributed by atoms with E-state index in [9.17, 15) is 18.5 Å². The van der Waals surface area contributed by atoms with E-state index in [1.54, 1.807) is 18.7 Å². The van der Waals surface area contributed by atoms with Gasteiger partial charge in [-0.3, -0.25) is 10.1 Å². The number of hydrogen-bond acceptors (Lipinski definition) is 6. The molecule has 0 amide bonds. The van der Waals surface area contributed by atoms with Crippen molar-refractivity contribution in [1.82, 2.24) is 4.31 Å². The number of thioether (sulfide) groups is 1. The molecule has 0 aliphatic carbocycles. The summed E-state index contributed by atoms with van der Waals surface area (Å²) in [5.74, 6) is 0.674. The summed E-state index contributed by atoms with van der Waals surface area (Å²) in [5, 5.41) is 10.8. The second-order valence-electron chi connectivity index (χ2n) is 6.53. The normalized spacial score (nSPS) is 17.8. The van der Waals surface area contributed by atoms with E-state index < -0.39 is 14.9 Å². The Kier molecular flexibility index (Phi) is 5.45. The Morgan fingerprint density at radius 2 is 1.85 bits per heavy atom. The highest BCUT2D eigenvalue weighted by atomic mass is 32.2. The molecular weight excluding hydrogens is 386 g/mol.